The third kappa shape index (κ3) is 3.15. The molecule has 1 heterocycles. The number of nitrogens with two attached hydrogens (primary N) is 1. The molecule has 6 heteroatoms. The number of ether oxygens (including phenoxy) is 1. The zero-order valence-corrected chi connectivity index (χ0v) is 11.3. The van der Waals surface area contributed by atoms with Gasteiger partial charge in [-0.15, -0.1) is 0 Å². The average molecular weight is 278 g/mol. The Morgan fingerprint density at radius 3 is 2.75 bits per heavy atom. The molecule has 0 aromatic heterocycles. The van der Waals surface area contributed by atoms with Crippen molar-refractivity contribution in [1.82, 2.24) is 0 Å². The molecular weight excluding hydrogens is 260 g/mol. The fraction of sp³-hybridized carbons (Fsp3) is 0.429. The zero-order chi connectivity index (χ0) is 14.7. The van der Waals surface area contributed by atoms with Crippen molar-refractivity contribution < 1.29 is 19.4 Å². The van der Waals surface area contributed by atoms with E-state index in [0.717, 1.165) is 6.42 Å². The lowest BCUT2D eigenvalue weighted by Gasteiger charge is -2.13. The van der Waals surface area contributed by atoms with Gasteiger partial charge < -0.3 is 20.9 Å². The van der Waals surface area contributed by atoms with Crippen LogP contribution in [0.4, 0.5) is 5.69 Å². The fourth-order valence-electron chi connectivity index (χ4n) is 2.28. The number of anilines is 1. The molecule has 1 aromatic rings. The van der Waals surface area contributed by atoms with Crippen molar-refractivity contribution in [2.75, 3.05) is 11.9 Å². The van der Waals surface area contributed by atoms with Gasteiger partial charge in [0, 0.05) is 12.2 Å². The van der Waals surface area contributed by atoms with E-state index in [1.165, 1.54) is 6.07 Å². The number of carboxylic acid groups (broad SMARTS) is 1. The highest BCUT2D eigenvalue weighted by molar-refractivity contribution is 5.95. The van der Waals surface area contributed by atoms with Gasteiger partial charge >= 0.3 is 5.97 Å². The van der Waals surface area contributed by atoms with E-state index in [4.69, 9.17) is 15.6 Å². The molecule has 1 aliphatic heterocycles. The van der Waals surface area contributed by atoms with Crippen LogP contribution in [0.15, 0.2) is 18.2 Å². The quantitative estimate of drug-likeness (QED) is 0.766. The minimum absolute atomic E-state index is 0.0538. The van der Waals surface area contributed by atoms with E-state index in [2.05, 4.69) is 5.32 Å². The Kier molecular flexibility index (Phi) is 4.36. The summed E-state index contributed by atoms with van der Waals surface area (Å²) in [5.41, 5.74) is 6.89. The third-order valence-corrected chi connectivity index (χ3v) is 3.39. The van der Waals surface area contributed by atoms with Crippen LogP contribution in [0.3, 0.4) is 0 Å². The highest BCUT2D eigenvalue weighted by Crippen LogP contribution is 2.21. The summed E-state index contributed by atoms with van der Waals surface area (Å²) in [6, 6.07) is 4.69. The number of carbonyl (C=O) groups excluding carboxylic acids is 1. The molecule has 0 radical (unpaired) electrons. The van der Waals surface area contributed by atoms with Crippen LogP contribution in [0.25, 0.3) is 0 Å². The number of hydrogen-bond acceptors (Lipinski definition) is 4. The molecule has 6 nitrogen and oxygen atoms in total. The van der Waals surface area contributed by atoms with E-state index in [1.54, 1.807) is 19.1 Å². The van der Waals surface area contributed by atoms with E-state index >= 15 is 0 Å². The summed E-state index contributed by atoms with van der Waals surface area (Å²) >= 11 is 0. The van der Waals surface area contributed by atoms with E-state index < -0.39 is 12.1 Å². The van der Waals surface area contributed by atoms with Gasteiger partial charge in [-0.2, -0.15) is 0 Å². The van der Waals surface area contributed by atoms with Gasteiger partial charge in [-0.25, -0.2) is 4.79 Å². The summed E-state index contributed by atoms with van der Waals surface area (Å²) in [5, 5.41) is 11.7. The molecule has 0 saturated carbocycles. The van der Waals surface area contributed by atoms with Crippen molar-refractivity contribution in [3.63, 3.8) is 0 Å². The molecule has 1 saturated heterocycles. The summed E-state index contributed by atoms with van der Waals surface area (Å²) in [7, 11) is 0. The van der Waals surface area contributed by atoms with E-state index in [0.29, 0.717) is 24.2 Å². The molecule has 2 rings (SSSR count). The summed E-state index contributed by atoms with van der Waals surface area (Å²) < 4.78 is 5.51. The SMILES string of the molecule is Cc1cc(NC(=O)C2CCC(CN)O2)ccc1C(=O)O. The van der Waals surface area contributed by atoms with E-state index in [1.807, 2.05) is 0 Å². The van der Waals surface area contributed by atoms with Gasteiger partial charge in [-0.3, -0.25) is 4.79 Å². The predicted octanol–water partition coefficient (Wildman–Crippen LogP) is 1.14. The molecule has 0 aliphatic carbocycles. The summed E-state index contributed by atoms with van der Waals surface area (Å²) in [4.78, 5) is 22.9. The number of carbonyl (C=O) groups is 2. The molecule has 108 valence electrons. The molecule has 4 N–H and O–H groups in total. The van der Waals surface area contributed by atoms with Gasteiger partial charge in [-0.1, -0.05) is 0 Å². The molecule has 20 heavy (non-hydrogen) atoms. The first-order chi connectivity index (χ1) is 9.51. The molecular formula is C14H18N2O4. The second kappa shape index (κ2) is 6.02. The van der Waals surface area contributed by atoms with Crippen LogP contribution < -0.4 is 11.1 Å². The minimum Gasteiger partial charge on any atom is -0.478 e. The van der Waals surface area contributed by atoms with Crippen LogP contribution in [0.5, 0.6) is 0 Å². The molecule has 0 bridgehead atoms. The highest BCUT2D eigenvalue weighted by Gasteiger charge is 2.29. The minimum atomic E-state index is -0.981. The Bertz CT molecular complexity index is 530. The van der Waals surface area contributed by atoms with Gasteiger partial charge in [0.2, 0.25) is 0 Å². The number of benzene rings is 1. The van der Waals surface area contributed by atoms with Crippen LogP contribution in [-0.4, -0.2) is 35.7 Å². The molecule has 1 aliphatic rings. The van der Waals surface area contributed by atoms with Gasteiger partial charge in [-0.05, 0) is 43.5 Å². The van der Waals surface area contributed by atoms with Gasteiger partial charge in [0.1, 0.15) is 6.10 Å². The van der Waals surface area contributed by atoms with Crippen LogP contribution in [0, 0.1) is 6.92 Å². The predicted molar refractivity (Wildman–Crippen MR) is 73.7 cm³/mol. The van der Waals surface area contributed by atoms with Crippen molar-refractivity contribution in [2.45, 2.75) is 32.0 Å². The second-order valence-corrected chi connectivity index (χ2v) is 4.88. The molecule has 1 aromatic carbocycles. The first kappa shape index (κ1) is 14.5. The molecule has 2 atom stereocenters. The van der Waals surface area contributed by atoms with Crippen molar-refractivity contribution in [2.24, 2.45) is 5.73 Å². The largest absolute Gasteiger partial charge is 0.478 e. The third-order valence-electron chi connectivity index (χ3n) is 3.39. The Balaban J connectivity index is 2.02. The Hall–Kier alpha value is -1.92. The summed E-state index contributed by atoms with van der Waals surface area (Å²) in [6.07, 6.45) is 0.899. The first-order valence-electron chi connectivity index (χ1n) is 6.51. The van der Waals surface area contributed by atoms with Gasteiger partial charge in [0.25, 0.3) is 5.91 Å². The number of nitrogens with one attached hydrogen (secondary N) is 1. The number of carboxylic acids is 1. The van der Waals surface area contributed by atoms with Crippen LogP contribution >= 0.6 is 0 Å². The smallest absolute Gasteiger partial charge is 0.335 e. The normalized spacial score (nSPS) is 21.7. The average Bonchev–Trinajstić information content (AvgIpc) is 2.87. The van der Waals surface area contributed by atoms with Gasteiger partial charge in [0.05, 0.1) is 11.7 Å². The van der Waals surface area contributed by atoms with Crippen molar-refractivity contribution >= 4 is 17.6 Å². The molecule has 1 fully saturated rings. The lowest BCUT2D eigenvalue weighted by molar-refractivity contribution is -0.126. The van der Waals surface area contributed by atoms with Crippen LogP contribution in [-0.2, 0) is 9.53 Å². The number of amides is 1. The Morgan fingerprint density at radius 2 is 2.20 bits per heavy atom. The van der Waals surface area contributed by atoms with Gasteiger partial charge in [0.15, 0.2) is 0 Å². The topological polar surface area (TPSA) is 102 Å². The molecule has 1 amide bonds. The number of aromatic carboxylic acids is 1. The number of hydrogen-bond donors (Lipinski definition) is 3. The fourth-order valence-corrected chi connectivity index (χ4v) is 2.28. The summed E-state index contributed by atoms with van der Waals surface area (Å²) in [6.45, 7) is 2.10. The Morgan fingerprint density at radius 1 is 1.45 bits per heavy atom. The maximum absolute atomic E-state index is 12.0. The van der Waals surface area contributed by atoms with Crippen LogP contribution in [0.2, 0.25) is 0 Å². The number of rotatable bonds is 4. The standard InChI is InChI=1S/C14H18N2O4/c1-8-6-9(2-4-11(8)14(18)19)16-13(17)12-5-3-10(7-15)20-12/h2,4,6,10,12H,3,5,7,15H2,1H3,(H,16,17)(H,18,19). The zero-order valence-electron chi connectivity index (χ0n) is 11.3. The highest BCUT2D eigenvalue weighted by atomic mass is 16.5. The summed E-state index contributed by atoms with van der Waals surface area (Å²) in [5.74, 6) is -1.20. The maximum atomic E-state index is 12.0. The first-order valence-corrected chi connectivity index (χ1v) is 6.51. The van der Waals surface area contributed by atoms with Crippen LogP contribution in [0.1, 0.15) is 28.8 Å². The monoisotopic (exact) mass is 278 g/mol. The van der Waals surface area contributed by atoms with Crippen molar-refractivity contribution in [1.29, 1.82) is 0 Å². The van der Waals surface area contributed by atoms with Crippen molar-refractivity contribution in [3.05, 3.63) is 29.3 Å². The van der Waals surface area contributed by atoms with Crippen molar-refractivity contribution in [3.8, 4) is 0 Å². The van der Waals surface area contributed by atoms with E-state index in [-0.39, 0.29) is 17.6 Å². The molecule has 0 spiro atoms. The lowest BCUT2D eigenvalue weighted by Crippen LogP contribution is -2.29. The lowest BCUT2D eigenvalue weighted by atomic mass is 10.1. The maximum Gasteiger partial charge on any atom is 0.335 e. The number of aryl methyl sites for hydroxylation is 1. The molecule has 2 unspecified atom stereocenters. The van der Waals surface area contributed by atoms with E-state index in [9.17, 15) is 9.59 Å². The Labute approximate surface area is 116 Å². The second-order valence-electron chi connectivity index (χ2n) is 4.88.